The molecule has 0 aliphatic heterocycles. The molecule has 1 unspecified atom stereocenters. The van der Waals surface area contributed by atoms with Crippen LogP contribution in [0.15, 0.2) is 12.3 Å². The van der Waals surface area contributed by atoms with E-state index in [4.69, 9.17) is 10.4 Å². The summed E-state index contributed by atoms with van der Waals surface area (Å²) in [7, 11) is 0. The molecule has 1 aromatic heterocycles. The van der Waals surface area contributed by atoms with Crippen molar-refractivity contribution in [1.29, 1.82) is 5.26 Å². The maximum atomic E-state index is 10.8. The molecule has 0 amide bonds. The second-order valence-electron chi connectivity index (χ2n) is 3.72. The number of aliphatic carboxylic acids is 1. The van der Waals surface area contributed by atoms with Crippen molar-refractivity contribution < 1.29 is 9.90 Å². The number of hydrogen-bond acceptors (Lipinski definition) is 3. The molecular formula is C11H10N2O2. The summed E-state index contributed by atoms with van der Waals surface area (Å²) in [6.07, 6.45) is 3.37. The van der Waals surface area contributed by atoms with Gasteiger partial charge in [0.1, 0.15) is 6.07 Å². The van der Waals surface area contributed by atoms with E-state index in [-0.39, 0.29) is 5.92 Å². The summed E-state index contributed by atoms with van der Waals surface area (Å²) in [5.74, 6) is -1.09. The molecule has 76 valence electrons. The van der Waals surface area contributed by atoms with Gasteiger partial charge in [-0.15, -0.1) is 0 Å². The topological polar surface area (TPSA) is 74.0 Å². The highest BCUT2D eigenvalue weighted by Crippen LogP contribution is 2.24. The molecule has 0 bridgehead atoms. The maximum absolute atomic E-state index is 10.8. The predicted molar refractivity (Wildman–Crippen MR) is 52.1 cm³/mol. The largest absolute Gasteiger partial charge is 0.481 e. The van der Waals surface area contributed by atoms with E-state index in [1.165, 1.54) is 0 Å². The van der Waals surface area contributed by atoms with E-state index in [1.54, 1.807) is 12.3 Å². The summed E-state index contributed by atoms with van der Waals surface area (Å²) >= 11 is 0. The Morgan fingerprint density at radius 3 is 3.13 bits per heavy atom. The van der Waals surface area contributed by atoms with Crippen LogP contribution in [0.2, 0.25) is 0 Å². The smallest absolute Gasteiger partial charge is 0.306 e. The standard InChI is InChI=1S/C11H10N2O2/c12-5-7-3-9-4-8(11(14)15)1-2-10(9)13-6-7/h3,6,8H,1-2,4H2,(H,14,15). The Morgan fingerprint density at radius 2 is 2.47 bits per heavy atom. The quantitative estimate of drug-likeness (QED) is 0.741. The molecule has 0 spiro atoms. The van der Waals surface area contributed by atoms with Crippen molar-refractivity contribution in [2.75, 3.05) is 0 Å². The molecule has 1 aromatic rings. The van der Waals surface area contributed by atoms with Crippen LogP contribution in [-0.2, 0) is 17.6 Å². The number of aryl methyl sites for hydroxylation is 1. The van der Waals surface area contributed by atoms with Crippen LogP contribution in [0.5, 0.6) is 0 Å². The number of pyridine rings is 1. The highest BCUT2D eigenvalue weighted by Gasteiger charge is 2.24. The fourth-order valence-corrected chi connectivity index (χ4v) is 1.89. The minimum Gasteiger partial charge on any atom is -0.481 e. The van der Waals surface area contributed by atoms with Crippen molar-refractivity contribution in [2.45, 2.75) is 19.3 Å². The lowest BCUT2D eigenvalue weighted by Crippen LogP contribution is -2.22. The fraction of sp³-hybridized carbons (Fsp3) is 0.364. The van der Waals surface area contributed by atoms with Crippen LogP contribution in [0.4, 0.5) is 0 Å². The van der Waals surface area contributed by atoms with Gasteiger partial charge in [-0.05, 0) is 30.9 Å². The summed E-state index contributed by atoms with van der Waals surface area (Å²) in [5.41, 5.74) is 2.35. The van der Waals surface area contributed by atoms with Crippen molar-refractivity contribution in [3.63, 3.8) is 0 Å². The van der Waals surface area contributed by atoms with Gasteiger partial charge >= 0.3 is 5.97 Å². The van der Waals surface area contributed by atoms with Gasteiger partial charge in [0, 0.05) is 11.9 Å². The Labute approximate surface area is 87.2 Å². The summed E-state index contributed by atoms with van der Waals surface area (Å²) in [6, 6.07) is 3.76. The van der Waals surface area contributed by atoms with Gasteiger partial charge in [-0.1, -0.05) is 0 Å². The monoisotopic (exact) mass is 202 g/mol. The number of carbonyl (C=O) groups is 1. The Bertz CT molecular complexity index is 448. The fourth-order valence-electron chi connectivity index (χ4n) is 1.89. The van der Waals surface area contributed by atoms with Crippen molar-refractivity contribution in [3.8, 4) is 6.07 Å². The van der Waals surface area contributed by atoms with E-state index in [2.05, 4.69) is 4.98 Å². The van der Waals surface area contributed by atoms with Crippen LogP contribution in [0.3, 0.4) is 0 Å². The van der Waals surface area contributed by atoms with E-state index in [0.29, 0.717) is 24.8 Å². The molecular weight excluding hydrogens is 192 g/mol. The number of carboxylic acids is 1. The lowest BCUT2D eigenvalue weighted by molar-refractivity contribution is -0.142. The van der Waals surface area contributed by atoms with Crippen molar-refractivity contribution in [1.82, 2.24) is 4.98 Å². The first-order valence-electron chi connectivity index (χ1n) is 4.81. The first kappa shape index (κ1) is 9.66. The number of nitrogens with zero attached hydrogens (tertiary/aromatic N) is 2. The molecule has 0 fully saturated rings. The molecule has 1 aliphatic rings. The molecule has 15 heavy (non-hydrogen) atoms. The van der Waals surface area contributed by atoms with Gasteiger partial charge in [-0.2, -0.15) is 5.26 Å². The Hall–Kier alpha value is -1.89. The lowest BCUT2D eigenvalue weighted by Gasteiger charge is -2.20. The van der Waals surface area contributed by atoms with Crippen molar-refractivity contribution in [2.24, 2.45) is 5.92 Å². The number of carboxylic acid groups (broad SMARTS) is 1. The third-order valence-corrected chi connectivity index (χ3v) is 2.73. The normalized spacial score (nSPS) is 19.0. The minimum atomic E-state index is -0.761. The SMILES string of the molecule is N#Cc1cnc2c(c1)CC(C(=O)O)CC2. The second kappa shape index (κ2) is 3.70. The molecule has 0 radical (unpaired) electrons. The van der Waals surface area contributed by atoms with Gasteiger partial charge < -0.3 is 5.11 Å². The van der Waals surface area contributed by atoms with Gasteiger partial charge in [0.25, 0.3) is 0 Å². The van der Waals surface area contributed by atoms with E-state index in [9.17, 15) is 4.79 Å². The van der Waals surface area contributed by atoms with Gasteiger partial charge in [0.15, 0.2) is 0 Å². The molecule has 0 saturated heterocycles. The van der Waals surface area contributed by atoms with Gasteiger partial charge in [0.05, 0.1) is 11.5 Å². The minimum absolute atomic E-state index is 0.326. The number of hydrogen-bond donors (Lipinski definition) is 1. The Balaban J connectivity index is 2.32. The van der Waals surface area contributed by atoms with Gasteiger partial charge in [-0.25, -0.2) is 0 Å². The second-order valence-corrected chi connectivity index (χ2v) is 3.72. The Morgan fingerprint density at radius 1 is 1.67 bits per heavy atom. The lowest BCUT2D eigenvalue weighted by atomic mass is 9.86. The zero-order valence-corrected chi connectivity index (χ0v) is 8.10. The van der Waals surface area contributed by atoms with Crippen LogP contribution in [0, 0.1) is 17.2 Å². The molecule has 1 heterocycles. The third-order valence-electron chi connectivity index (χ3n) is 2.73. The summed E-state index contributed by atoms with van der Waals surface area (Å²) in [4.78, 5) is 15.0. The molecule has 4 nitrogen and oxygen atoms in total. The van der Waals surface area contributed by atoms with Crippen LogP contribution in [0.1, 0.15) is 23.2 Å². The zero-order chi connectivity index (χ0) is 10.8. The summed E-state index contributed by atoms with van der Waals surface area (Å²) < 4.78 is 0. The number of fused-ring (bicyclic) bond motifs is 1. The predicted octanol–water partition coefficient (Wildman–Crippen LogP) is 1.14. The molecule has 4 heteroatoms. The summed E-state index contributed by atoms with van der Waals surface area (Å²) in [6.45, 7) is 0. The van der Waals surface area contributed by atoms with Gasteiger partial charge in [-0.3, -0.25) is 9.78 Å². The highest BCUT2D eigenvalue weighted by molar-refractivity contribution is 5.71. The van der Waals surface area contributed by atoms with Crippen molar-refractivity contribution >= 4 is 5.97 Å². The van der Waals surface area contributed by atoms with Crippen LogP contribution < -0.4 is 0 Å². The molecule has 0 aromatic carbocycles. The maximum Gasteiger partial charge on any atom is 0.306 e. The van der Waals surface area contributed by atoms with E-state index < -0.39 is 5.97 Å². The molecule has 1 aliphatic carbocycles. The average Bonchev–Trinajstić information content (AvgIpc) is 2.27. The van der Waals surface area contributed by atoms with E-state index >= 15 is 0 Å². The summed E-state index contributed by atoms with van der Waals surface area (Å²) in [5, 5.41) is 17.6. The number of nitriles is 1. The van der Waals surface area contributed by atoms with Crippen LogP contribution >= 0.6 is 0 Å². The first-order chi connectivity index (χ1) is 7.20. The van der Waals surface area contributed by atoms with Crippen LogP contribution in [-0.4, -0.2) is 16.1 Å². The average molecular weight is 202 g/mol. The zero-order valence-electron chi connectivity index (χ0n) is 8.10. The molecule has 1 atom stereocenters. The van der Waals surface area contributed by atoms with Crippen LogP contribution in [0.25, 0.3) is 0 Å². The van der Waals surface area contributed by atoms with E-state index in [0.717, 1.165) is 11.3 Å². The Kier molecular flexibility index (Phi) is 2.38. The number of rotatable bonds is 1. The van der Waals surface area contributed by atoms with Crippen molar-refractivity contribution in [3.05, 3.63) is 29.1 Å². The molecule has 2 rings (SSSR count). The van der Waals surface area contributed by atoms with E-state index in [1.807, 2.05) is 6.07 Å². The first-order valence-corrected chi connectivity index (χ1v) is 4.81. The third kappa shape index (κ3) is 1.82. The molecule has 1 N–H and O–H groups in total. The van der Waals surface area contributed by atoms with Gasteiger partial charge in [0.2, 0.25) is 0 Å². The highest BCUT2D eigenvalue weighted by atomic mass is 16.4. The number of aromatic nitrogens is 1. The molecule has 0 saturated carbocycles.